The zero-order chi connectivity index (χ0) is 17.1. The molecule has 0 aliphatic carbocycles. The van der Waals surface area contributed by atoms with Crippen LogP contribution in [0.5, 0.6) is 5.75 Å². The van der Waals surface area contributed by atoms with E-state index in [9.17, 15) is 16.8 Å². The molecule has 0 radical (unpaired) electrons. The molecule has 1 saturated heterocycles. The molecular formula is C13H21N3O5S2. The molecule has 1 fully saturated rings. The van der Waals surface area contributed by atoms with Gasteiger partial charge in [0.25, 0.3) is 0 Å². The molecule has 1 aliphatic heterocycles. The molecule has 130 valence electrons. The first-order chi connectivity index (χ1) is 10.8. The maximum absolute atomic E-state index is 12.5. The predicted molar refractivity (Wildman–Crippen MR) is 87.7 cm³/mol. The molecule has 2 rings (SSSR count). The van der Waals surface area contributed by atoms with Crippen molar-refractivity contribution in [2.75, 3.05) is 30.7 Å². The zero-order valence-electron chi connectivity index (χ0n) is 13.0. The molecule has 0 amide bonds. The van der Waals surface area contributed by atoms with Gasteiger partial charge in [0.15, 0.2) is 0 Å². The van der Waals surface area contributed by atoms with Crippen LogP contribution in [0.25, 0.3) is 0 Å². The highest BCUT2D eigenvalue weighted by molar-refractivity contribution is 7.92. The average Bonchev–Trinajstić information content (AvgIpc) is 2.98. The number of ether oxygens (including phenoxy) is 1. The maximum Gasteiger partial charge on any atom is 0.244 e. The Morgan fingerprint density at radius 2 is 2.04 bits per heavy atom. The van der Waals surface area contributed by atoms with Crippen LogP contribution in [-0.2, 0) is 20.0 Å². The summed E-state index contributed by atoms with van der Waals surface area (Å²) in [5.41, 5.74) is 0.255. The van der Waals surface area contributed by atoms with E-state index in [0.29, 0.717) is 6.54 Å². The minimum atomic E-state index is -3.74. The van der Waals surface area contributed by atoms with Crippen LogP contribution in [-0.4, -0.2) is 48.8 Å². The average molecular weight is 363 g/mol. The summed E-state index contributed by atoms with van der Waals surface area (Å²) in [5, 5.41) is 3.08. The van der Waals surface area contributed by atoms with Gasteiger partial charge in [-0.1, -0.05) is 0 Å². The van der Waals surface area contributed by atoms with Crippen molar-refractivity contribution in [1.29, 1.82) is 0 Å². The number of nitrogens with one attached hydrogen (secondary N) is 3. The Balaban J connectivity index is 2.28. The Morgan fingerprint density at radius 3 is 2.61 bits per heavy atom. The van der Waals surface area contributed by atoms with Crippen LogP contribution in [0.4, 0.5) is 5.69 Å². The molecule has 0 spiro atoms. The van der Waals surface area contributed by atoms with Gasteiger partial charge in [-0.2, -0.15) is 0 Å². The molecule has 1 heterocycles. The fourth-order valence-corrected chi connectivity index (χ4v) is 4.29. The second-order valence-corrected chi connectivity index (χ2v) is 8.88. The van der Waals surface area contributed by atoms with Crippen LogP contribution in [0, 0.1) is 0 Å². The summed E-state index contributed by atoms with van der Waals surface area (Å²) in [6, 6.07) is 3.92. The van der Waals surface area contributed by atoms with Crippen molar-refractivity contribution in [2.45, 2.75) is 24.3 Å². The molecule has 1 aromatic rings. The molecule has 1 atom stereocenters. The van der Waals surface area contributed by atoms with Gasteiger partial charge in [-0.25, -0.2) is 21.6 Å². The third-order valence-electron chi connectivity index (χ3n) is 3.49. The van der Waals surface area contributed by atoms with Gasteiger partial charge < -0.3 is 10.1 Å². The first-order valence-electron chi connectivity index (χ1n) is 7.19. The molecule has 0 aromatic heterocycles. The Kier molecular flexibility index (Phi) is 5.50. The van der Waals surface area contributed by atoms with Gasteiger partial charge >= 0.3 is 0 Å². The Morgan fingerprint density at radius 1 is 1.30 bits per heavy atom. The van der Waals surface area contributed by atoms with Crippen molar-refractivity contribution in [3.05, 3.63) is 18.2 Å². The molecule has 1 aliphatic rings. The number of anilines is 1. The normalized spacial score (nSPS) is 18.8. The van der Waals surface area contributed by atoms with Crippen LogP contribution < -0.4 is 19.5 Å². The van der Waals surface area contributed by atoms with Crippen molar-refractivity contribution in [3.8, 4) is 5.75 Å². The van der Waals surface area contributed by atoms with Crippen molar-refractivity contribution < 1.29 is 21.6 Å². The molecule has 10 heteroatoms. The number of sulfonamides is 2. The highest BCUT2D eigenvalue weighted by atomic mass is 32.2. The van der Waals surface area contributed by atoms with Gasteiger partial charge in [0.2, 0.25) is 20.0 Å². The van der Waals surface area contributed by atoms with E-state index in [-0.39, 0.29) is 28.1 Å². The van der Waals surface area contributed by atoms with E-state index < -0.39 is 20.0 Å². The fourth-order valence-electron chi connectivity index (χ4n) is 2.24. The van der Waals surface area contributed by atoms with E-state index in [0.717, 1.165) is 13.0 Å². The maximum atomic E-state index is 12.5. The topological polar surface area (TPSA) is 114 Å². The summed E-state index contributed by atoms with van der Waals surface area (Å²) in [4.78, 5) is -0.0219. The van der Waals surface area contributed by atoms with Crippen molar-refractivity contribution >= 4 is 25.7 Å². The minimum Gasteiger partial charge on any atom is -0.495 e. The van der Waals surface area contributed by atoms with Gasteiger partial charge in [0.1, 0.15) is 10.6 Å². The summed E-state index contributed by atoms with van der Waals surface area (Å²) in [5.74, 6) is 0.00533. The van der Waals surface area contributed by atoms with E-state index in [2.05, 4.69) is 14.8 Å². The number of methoxy groups -OCH3 is 1. The van der Waals surface area contributed by atoms with E-state index in [1.165, 1.54) is 32.2 Å². The standard InChI is InChI=1S/C13H21N3O5S2/c1-3-22(17,18)15-10-4-5-13(12(8-10)21-2)23(19,20)16-11-6-7-14-9-11/h4-5,8,11,14-16H,3,6-7,9H2,1-2H3. The first kappa shape index (κ1) is 18.0. The minimum absolute atomic E-state index is 0.0219. The SMILES string of the molecule is CCS(=O)(=O)Nc1ccc(S(=O)(=O)NC2CCNC2)c(OC)c1. The van der Waals surface area contributed by atoms with Crippen LogP contribution in [0.3, 0.4) is 0 Å². The van der Waals surface area contributed by atoms with E-state index in [4.69, 9.17) is 4.74 Å². The lowest BCUT2D eigenvalue weighted by Crippen LogP contribution is -2.36. The van der Waals surface area contributed by atoms with Gasteiger partial charge in [-0.05, 0) is 32.0 Å². The number of hydrogen-bond donors (Lipinski definition) is 3. The molecule has 3 N–H and O–H groups in total. The summed E-state index contributed by atoms with van der Waals surface area (Å²) in [6.07, 6.45) is 0.718. The highest BCUT2D eigenvalue weighted by Crippen LogP contribution is 2.28. The van der Waals surface area contributed by atoms with Crippen LogP contribution in [0.2, 0.25) is 0 Å². The third-order valence-corrected chi connectivity index (χ3v) is 6.36. The lowest BCUT2D eigenvalue weighted by Gasteiger charge is -2.15. The second-order valence-electron chi connectivity index (χ2n) is 5.18. The molecule has 0 saturated carbocycles. The number of hydrogen-bond acceptors (Lipinski definition) is 6. The van der Waals surface area contributed by atoms with Gasteiger partial charge in [0.05, 0.1) is 18.6 Å². The van der Waals surface area contributed by atoms with Crippen molar-refractivity contribution in [3.63, 3.8) is 0 Å². The Bertz CT molecular complexity index is 756. The van der Waals surface area contributed by atoms with Crippen LogP contribution >= 0.6 is 0 Å². The Hall–Kier alpha value is -1.36. The van der Waals surface area contributed by atoms with Gasteiger partial charge in [-0.3, -0.25) is 4.72 Å². The summed E-state index contributed by atoms with van der Waals surface area (Å²) in [7, 11) is -5.85. The molecule has 0 bridgehead atoms. The number of benzene rings is 1. The summed E-state index contributed by atoms with van der Waals surface area (Å²) in [6.45, 7) is 2.86. The summed E-state index contributed by atoms with van der Waals surface area (Å²) >= 11 is 0. The van der Waals surface area contributed by atoms with E-state index in [1.54, 1.807) is 0 Å². The largest absolute Gasteiger partial charge is 0.495 e. The third kappa shape index (κ3) is 4.56. The van der Waals surface area contributed by atoms with Crippen LogP contribution in [0.15, 0.2) is 23.1 Å². The first-order valence-corrected chi connectivity index (χ1v) is 10.3. The molecule has 1 aromatic carbocycles. The lowest BCUT2D eigenvalue weighted by molar-refractivity contribution is 0.402. The van der Waals surface area contributed by atoms with E-state index in [1.807, 2.05) is 0 Å². The van der Waals surface area contributed by atoms with Crippen molar-refractivity contribution in [2.24, 2.45) is 0 Å². The van der Waals surface area contributed by atoms with Crippen LogP contribution in [0.1, 0.15) is 13.3 Å². The molecular weight excluding hydrogens is 342 g/mol. The second kappa shape index (κ2) is 7.04. The lowest BCUT2D eigenvalue weighted by atomic mass is 10.3. The smallest absolute Gasteiger partial charge is 0.244 e. The number of rotatable bonds is 7. The molecule has 23 heavy (non-hydrogen) atoms. The summed E-state index contributed by atoms with van der Waals surface area (Å²) < 4.78 is 58.2. The fraction of sp³-hybridized carbons (Fsp3) is 0.538. The van der Waals surface area contributed by atoms with Gasteiger partial charge in [0, 0.05) is 18.7 Å². The van der Waals surface area contributed by atoms with Crippen molar-refractivity contribution in [1.82, 2.24) is 10.0 Å². The quantitative estimate of drug-likeness (QED) is 0.633. The molecule has 8 nitrogen and oxygen atoms in total. The predicted octanol–water partition coefficient (Wildman–Crippen LogP) is 0.0970. The highest BCUT2D eigenvalue weighted by Gasteiger charge is 2.25. The van der Waals surface area contributed by atoms with E-state index >= 15 is 0 Å². The zero-order valence-corrected chi connectivity index (χ0v) is 14.6. The Labute approximate surface area is 136 Å². The molecule has 1 unspecified atom stereocenters. The van der Waals surface area contributed by atoms with Gasteiger partial charge in [-0.15, -0.1) is 0 Å². The monoisotopic (exact) mass is 363 g/mol.